The van der Waals surface area contributed by atoms with E-state index >= 15 is 0 Å². The number of nitrogens with zero attached hydrogens (tertiary/aromatic N) is 2. The number of carbonyl (C=O) groups is 1. The minimum absolute atomic E-state index is 0.00287. The maximum atomic E-state index is 14.2. The molecule has 1 aliphatic heterocycles. The SMILES string of the molecule is COc1cc(F)c(NC(=O)[C@H]2CNC[C@@H]2c2cnn(C)c2)cc1OC. The lowest BCUT2D eigenvalue weighted by Gasteiger charge is -2.18. The summed E-state index contributed by atoms with van der Waals surface area (Å²) in [6, 6.07) is 2.62. The van der Waals surface area contributed by atoms with Crippen LogP contribution in [0.2, 0.25) is 0 Å². The molecule has 1 amide bonds. The van der Waals surface area contributed by atoms with E-state index in [1.54, 1.807) is 10.9 Å². The summed E-state index contributed by atoms with van der Waals surface area (Å²) in [5.41, 5.74) is 1.06. The smallest absolute Gasteiger partial charge is 0.229 e. The van der Waals surface area contributed by atoms with Crippen molar-refractivity contribution in [2.24, 2.45) is 13.0 Å². The van der Waals surface area contributed by atoms with E-state index in [-0.39, 0.29) is 29.2 Å². The summed E-state index contributed by atoms with van der Waals surface area (Å²) < 4.78 is 26.2. The Hall–Kier alpha value is -2.61. The number of aryl methyl sites for hydroxylation is 1. The summed E-state index contributed by atoms with van der Waals surface area (Å²) in [6.45, 7) is 1.21. The van der Waals surface area contributed by atoms with Gasteiger partial charge < -0.3 is 20.1 Å². The summed E-state index contributed by atoms with van der Waals surface area (Å²) in [5, 5.41) is 10.0. The largest absolute Gasteiger partial charge is 0.493 e. The van der Waals surface area contributed by atoms with Crippen molar-refractivity contribution >= 4 is 11.6 Å². The Morgan fingerprint density at radius 2 is 2.04 bits per heavy atom. The van der Waals surface area contributed by atoms with E-state index in [9.17, 15) is 9.18 Å². The van der Waals surface area contributed by atoms with E-state index in [4.69, 9.17) is 9.47 Å². The van der Waals surface area contributed by atoms with Gasteiger partial charge in [-0.1, -0.05) is 0 Å². The highest BCUT2D eigenvalue weighted by molar-refractivity contribution is 5.94. The zero-order chi connectivity index (χ0) is 18.0. The lowest BCUT2D eigenvalue weighted by Crippen LogP contribution is -2.28. The van der Waals surface area contributed by atoms with Crippen LogP contribution in [0, 0.1) is 11.7 Å². The standard InChI is InChI=1S/C17H21FN4O3/c1-22-9-10(6-20-22)11-7-19-8-12(11)17(23)21-14-5-16(25-3)15(24-2)4-13(14)18/h4-6,9,11-12,19H,7-8H2,1-3H3,(H,21,23)/t11-,12+/m1/s1. The molecule has 0 spiro atoms. The molecule has 3 rings (SSSR count). The second-order valence-corrected chi connectivity index (χ2v) is 5.99. The van der Waals surface area contributed by atoms with Gasteiger partial charge in [0, 0.05) is 44.4 Å². The molecule has 2 aromatic rings. The fourth-order valence-corrected chi connectivity index (χ4v) is 3.11. The van der Waals surface area contributed by atoms with E-state index in [2.05, 4.69) is 15.7 Å². The third-order valence-electron chi connectivity index (χ3n) is 4.44. The summed E-state index contributed by atoms with van der Waals surface area (Å²) in [4.78, 5) is 12.7. The molecule has 1 saturated heterocycles. The molecule has 8 heteroatoms. The number of anilines is 1. The third kappa shape index (κ3) is 3.43. The molecule has 1 fully saturated rings. The number of hydrogen-bond donors (Lipinski definition) is 2. The van der Waals surface area contributed by atoms with Crippen molar-refractivity contribution in [2.75, 3.05) is 32.6 Å². The Bertz CT molecular complexity index is 777. The molecular formula is C17H21FN4O3. The van der Waals surface area contributed by atoms with E-state index in [0.717, 1.165) is 5.56 Å². The van der Waals surface area contributed by atoms with Crippen molar-refractivity contribution in [3.05, 3.63) is 35.9 Å². The van der Waals surface area contributed by atoms with Crippen LogP contribution in [-0.2, 0) is 11.8 Å². The van der Waals surface area contributed by atoms with Crippen LogP contribution in [0.25, 0.3) is 0 Å². The lowest BCUT2D eigenvalue weighted by molar-refractivity contribution is -0.119. The highest BCUT2D eigenvalue weighted by Gasteiger charge is 2.35. The number of rotatable bonds is 5. The molecule has 0 bridgehead atoms. The highest BCUT2D eigenvalue weighted by atomic mass is 19.1. The van der Waals surface area contributed by atoms with Crippen molar-refractivity contribution in [2.45, 2.75) is 5.92 Å². The Morgan fingerprint density at radius 3 is 2.68 bits per heavy atom. The molecule has 0 radical (unpaired) electrons. The molecule has 7 nitrogen and oxygen atoms in total. The molecule has 0 unspecified atom stereocenters. The number of carbonyl (C=O) groups excluding carboxylic acids is 1. The van der Waals surface area contributed by atoms with Crippen LogP contribution in [0.5, 0.6) is 11.5 Å². The van der Waals surface area contributed by atoms with Gasteiger partial charge in [-0.05, 0) is 5.56 Å². The Kier molecular flexibility index (Phi) is 4.89. The van der Waals surface area contributed by atoms with E-state index in [1.807, 2.05) is 13.2 Å². The number of halogens is 1. The van der Waals surface area contributed by atoms with Crippen molar-refractivity contribution in [3.8, 4) is 11.5 Å². The molecule has 2 atom stereocenters. The zero-order valence-electron chi connectivity index (χ0n) is 14.4. The quantitative estimate of drug-likeness (QED) is 0.857. The maximum Gasteiger partial charge on any atom is 0.229 e. The van der Waals surface area contributed by atoms with Crippen molar-refractivity contribution in [3.63, 3.8) is 0 Å². The van der Waals surface area contributed by atoms with Crippen LogP contribution in [0.1, 0.15) is 11.5 Å². The van der Waals surface area contributed by atoms with Gasteiger partial charge in [-0.25, -0.2) is 4.39 Å². The third-order valence-corrected chi connectivity index (χ3v) is 4.44. The van der Waals surface area contributed by atoms with Crippen LogP contribution >= 0.6 is 0 Å². The maximum absolute atomic E-state index is 14.2. The van der Waals surface area contributed by atoms with Gasteiger partial charge in [-0.2, -0.15) is 5.10 Å². The zero-order valence-corrected chi connectivity index (χ0v) is 14.4. The average Bonchev–Trinajstić information content (AvgIpc) is 3.24. The number of benzene rings is 1. The first kappa shape index (κ1) is 17.2. The van der Waals surface area contributed by atoms with Gasteiger partial charge in [0.15, 0.2) is 17.3 Å². The number of ether oxygens (including phenoxy) is 2. The van der Waals surface area contributed by atoms with Crippen molar-refractivity contribution in [1.29, 1.82) is 0 Å². The van der Waals surface area contributed by atoms with Crippen LogP contribution < -0.4 is 20.1 Å². The van der Waals surface area contributed by atoms with Gasteiger partial charge in [0.05, 0.1) is 32.0 Å². The molecule has 2 N–H and O–H groups in total. The first-order valence-electron chi connectivity index (χ1n) is 7.95. The summed E-state index contributed by atoms with van der Waals surface area (Å²) in [7, 11) is 4.72. The Balaban J connectivity index is 1.80. The molecular weight excluding hydrogens is 327 g/mol. The van der Waals surface area contributed by atoms with Crippen LogP contribution in [0.4, 0.5) is 10.1 Å². The topological polar surface area (TPSA) is 77.4 Å². The molecule has 0 aliphatic carbocycles. The number of hydrogen-bond acceptors (Lipinski definition) is 5. The van der Waals surface area contributed by atoms with Crippen LogP contribution in [0.15, 0.2) is 24.5 Å². The number of amides is 1. The molecule has 1 aliphatic rings. The number of aromatic nitrogens is 2. The lowest BCUT2D eigenvalue weighted by atomic mass is 9.90. The number of nitrogens with one attached hydrogen (secondary N) is 2. The first-order chi connectivity index (χ1) is 12.0. The monoisotopic (exact) mass is 348 g/mol. The molecule has 1 aromatic carbocycles. The van der Waals surface area contributed by atoms with E-state index < -0.39 is 5.82 Å². The Morgan fingerprint density at radius 1 is 1.32 bits per heavy atom. The normalized spacial score (nSPS) is 19.7. The predicted octanol–water partition coefficient (Wildman–Crippen LogP) is 1.52. The van der Waals surface area contributed by atoms with Gasteiger partial charge in [0.2, 0.25) is 5.91 Å². The second kappa shape index (κ2) is 7.10. The molecule has 2 heterocycles. The molecule has 25 heavy (non-hydrogen) atoms. The summed E-state index contributed by atoms with van der Waals surface area (Å²) >= 11 is 0. The summed E-state index contributed by atoms with van der Waals surface area (Å²) in [6.07, 6.45) is 3.66. The summed E-state index contributed by atoms with van der Waals surface area (Å²) in [5.74, 6) is -0.505. The van der Waals surface area contributed by atoms with Crippen LogP contribution in [-0.4, -0.2) is 43.0 Å². The van der Waals surface area contributed by atoms with Gasteiger partial charge in [0.25, 0.3) is 0 Å². The molecule has 0 saturated carbocycles. The fraction of sp³-hybridized carbons (Fsp3) is 0.412. The molecule has 134 valence electrons. The minimum Gasteiger partial charge on any atom is -0.493 e. The van der Waals surface area contributed by atoms with Gasteiger partial charge in [-0.15, -0.1) is 0 Å². The highest BCUT2D eigenvalue weighted by Crippen LogP contribution is 2.34. The van der Waals surface area contributed by atoms with Crippen molar-refractivity contribution < 1.29 is 18.7 Å². The second-order valence-electron chi connectivity index (χ2n) is 5.99. The first-order valence-corrected chi connectivity index (χ1v) is 7.95. The minimum atomic E-state index is -0.574. The predicted molar refractivity (Wildman–Crippen MR) is 90.4 cm³/mol. The van der Waals surface area contributed by atoms with Gasteiger partial charge in [-0.3, -0.25) is 9.48 Å². The van der Waals surface area contributed by atoms with E-state index in [0.29, 0.717) is 18.8 Å². The van der Waals surface area contributed by atoms with Crippen molar-refractivity contribution in [1.82, 2.24) is 15.1 Å². The van der Waals surface area contributed by atoms with Gasteiger partial charge >= 0.3 is 0 Å². The average molecular weight is 348 g/mol. The number of methoxy groups -OCH3 is 2. The van der Waals surface area contributed by atoms with E-state index in [1.165, 1.54) is 26.4 Å². The van der Waals surface area contributed by atoms with Crippen LogP contribution in [0.3, 0.4) is 0 Å². The van der Waals surface area contributed by atoms with Gasteiger partial charge in [0.1, 0.15) is 0 Å². The Labute approximate surface area is 145 Å². The molecule has 1 aromatic heterocycles. The fourth-order valence-electron chi connectivity index (χ4n) is 3.11.